The highest BCUT2D eigenvalue weighted by Gasteiger charge is 2.11. The van der Waals surface area contributed by atoms with Gasteiger partial charge in [0.1, 0.15) is 6.54 Å². The topological polar surface area (TPSA) is 93.2 Å². The van der Waals surface area contributed by atoms with E-state index in [0.29, 0.717) is 30.7 Å². The molecule has 7 heteroatoms. The standard InChI is InChI=1S/C20H21N3O4/c1-2-27-13-15-8-4-3-7-14(15)11-21-18(24)12-23-17-10-6-5-9-16(17)19(25)22-20(23)26/h3-10H,2,11-13H2,1H3,(H,21,24)(H,22,25,26). The Kier molecular flexibility index (Phi) is 5.83. The lowest BCUT2D eigenvalue weighted by Gasteiger charge is -2.12. The lowest BCUT2D eigenvalue weighted by Crippen LogP contribution is -2.36. The molecule has 3 aromatic rings. The molecule has 0 aliphatic carbocycles. The zero-order valence-corrected chi connectivity index (χ0v) is 15.0. The van der Waals surface area contributed by atoms with E-state index in [-0.39, 0.29) is 12.5 Å². The summed E-state index contributed by atoms with van der Waals surface area (Å²) in [5.41, 5.74) is 1.32. The lowest BCUT2D eigenvalue weighted by molar-refractivity contribution is -0.121. The molecule has 3 rings (SSSR count). The number of H-pyrrole nitrogens is 1. The summed E-state index contributed by atoms with van der Waals surface area (Å²) in [6.07, 6.45) is 0. The Hall–Kier alpha value is -3.19. The molecule has 0 bridgehead atoms. The summed E-state index contributed by atoms with van der Waals surface area (Å²) in [5, 5.41) is 3.19. The van der Waals surface area contributed by atoms with E-state index in [1.165, 1.54) is 4.57 Å². The SMILES string of the molecule is CCOCc1ccccc1CNC(=O)Cn1c(=O)[nH]c(=O)c2ccccc21. The maximum absolute atomic E-state index is 12.4. The van der Waals surface area contributed by atoms with Crippen LogP contribution < -0.4 is 16.6 Å². The van der Waals surface area contributed by atoms with Crippen molar-refractivity contribution in [3.05, 3.63) is 80.5 Å². The number of aromatic amines is 1. The molecule has 1 heterocycles. The van der Waals surface area contributed by atoms with Crippen LogP contribution in [0, 0.1) is 0 Å². The second kappa shape index (κ2) is 8.46. The molecule has 0 saturated heterocycles. The van der Waals surface area contributed by atoms with Crippen LogP contribution in [0.3, 0.4) is 0 Å². The summed E-state index contributed by atoms with van der Waals surface area (Å²) in [6, 6.07) is 14.4. The van der Waals surface area contributed by atoms with Gasteiger partial charge in [0, 0.05) is 13.2 Å². The zero-order valence-electron chi connectivity index (χ0n) is 15.0. The zero-order chi connectivity index (χ0) is 19.2. The molecule has 0 saturated carbocycles. The quantitative estimate of drug-likeness (QED) is 0.662. The minimum Gasteiger partial charge on any atom is -0.377 e. The smallest absolute Gasteiger partial charge is 0.329 e. The second-order valence-corrected chi connectivity index (χ2v) is 6.05. The number of hydrogen-bond acceptors (Lipinski definition) is 4. The first-order valence-corrected chi connectivity index (χ1v) is 8.73. The highest BCUT2D eigenvalue weighted by atomic mass is 16.5. The van der Waals surface area contributed by atoms with E-state index in [1.54, 1.807) is 24.3 Å². The average molecular weight is 367 g/mol. The van der Waals surface area contributed by atoms with Crippen molar-refractivity contribution in [2.24, 2.45) is 0 Å². The van der Waals surface area contributed by atoms with Crippen molar-refractivity contribution in [3.63, 3.8) is 0 Å². The molecule has 0 fully saturated rings. The van der Waals surface area contributed by atoms with Crippen LogP contribution in [0.4, 0.5) is 0 Å². The van der Waals surface area contributed by atoms with E-state index in [0.717, 1.165) is 11.1 Å². The predicted octanol–water partition coefficient (Wildman–Crippen LogP) is 1.54. The van der Waals surface area contributed by atoms with Gasteiger partial charge in [0.25, 0.3) is 5.56 Å². The number of carbonyl (C=O) groups is 1. The molecule has 0 aliphatic rings. The Morgan fingerprint density at radius 3 is 2.56 bits per heavy atom. The van der Waals surface area contributed by atoms with Crippen LogP contribution in [-0.2, 0) is 29.2 Å². The van der Waals surface area contributed by atoms with Gasteiger partial charge in [-0.25, -0.2) is 4.79 Å². The van der Waals surface area contributed by atoms with Gasteiger partial charge in [-0.2, -0.15) is 0 Å². The number of rotatable bonds is 7. The van der Waals surface area contributed by atoms with E-state index in [4.69, 9.17) is 4.74 Å². The minimum absolute atomic E-state index is 0.177. The molecule has 7 nitrogen and oxygen atoms in total. The van der Waals surface area contributed by atoms with Crippen molar-refractivity contribution in [1.82, 2.24) is 14.9 Å². The van der Waals surface area contributed by atoms with Crippen molar-refractivity contribution in [1.29, 1.82) is 0 Å². The molecule has 2 N–H and O–H groups in total. The number of hydrogen-bond donors (Lipinski definition) is 2. The molecule has 2 aromatic carbocycles. The summed E-state index contributed by atoms with van der Waals surface area (Å²) < 4.78 is 6.71. The number of amides is 1. The van der Waals surface area contributed by atoms with Crippen LogP contribution >= 0.6 is 0 Å². The summed E-state index contributed by atoms with van der Waals surface area (Å²) in [6.45, 7) is 3.17. The van der Waals surface area contributed by atoms with Gasteiger partial charge < -0.3 is 10.1 Å². The first kappa shape index (κ1) is 18.6. The Balaban J connectivity index is 1.76. The summed E-state index contributed by atoms with van der Waals surface area (Å²) in [7, 11) is 0. The fourth-order valence-electron chi connectivity index (χ4n) is 2.88. The normalized spacial score (nSPS) is 10.9. The molecular weight excluding hydrogens is 346 g/mol. The van der Waals surface area contributed by atoms with Gasteiger partial charge in [0.2, 0.25) is 5.91 Å². The lowest BCUT2D eigenvalue weighted by atomic mass is 10.1. The second-order valence-electron chi connectivity index (χ2n) is 6.05. The van der Waals surface area contributed by atoms with Crippen molar-refractivity contribution in [2.75, 3.05) is 6.61 Å². The summed E-state index contributed by atoms with van der Waals surface area (Å²) in [5.74, 6) is -0.319. The predicted molar refractivity (Wildman–Crippen MR) is 102 cm³/mol. The van der Waals surface area contributed by atoms with Crippen LogP contribution in [0.2, 0.25) is 0 Å². The molecule has 140 valence electrons. The van der Waals surface area contributed by atoms with Crippen molar-refractivity contribution >= 4 is 16.8 Å². The first-order chi connectivity index (χ1) is 13.1. The average Bonchev–Trinajstić information content (AvgIpc) is 2.68. The monoisotopic (exact) mass is 367 g/mol. The highest BCUT2D eigenvalue weighted by molar-refractivity contribution is 5.81. The fourth-order valence-corrected chi connectivity index (χ4v) is 2.88. The van der Waals surface area contributed by atoms with Crippen LogP contribution in [-0.4, -0.2) is 22.1 Å². The summed E-state index contributed by atoms with van der Waals surface area (Å²) >= 11 is 0. The number of fused-ring (bicyclic) bond motifs is 1. The van der Waals surface area contributed by atoms with E-state index >= 15 is 0 Å². The maximum Gasteiger partial charge on any atom is 0.329 e. The van der Waals surface area contributed by atoms with Crippen molar-refractivity contribution in [2.45, 2.75) is 26.6 Å². The first-order valence-electron chi connectivity index (χ1n) is 8.73. The number of carbonyl (C=O) groups excluding carboxylic acids is 1. The third-order valence-electron chi connectivity index (χ3n) is 4.26. The van der Waals surface area contributed by atoms with Gasteiger partial charge >= 0.3 is 5.69 Å². The molecule has 1 aromatic heterocycles. The number of nitrogens with zero attached hydrogens (tertiary/aromatic N) is 1. The van der Waals surface area contributed by atoms with Crippen molar-refractivity contribution < 1.29 is 9.53 Å². The van der Waals surface area contributed by atoms with Gasteiger partial charge in [-0.3, -0.25) is 19.1 Å². The van der Waals surface area contributed by atoms with Crippen molar-refractivity contribution in [3.8, 4) is 0 Å². The summed E-state index contributed by atoms with van der Waals surface area (Å²) in [4.78, 5) is 38.7. The van der Waals surface area contributed by atoms with E-state index in [1.807, 2.05) is 31.2 Å². The molecule has 0 radical (unpaired) electrons. The number of ether oxygens (including phenoxy) is 1. The van der Waals surface area contributed by atoms with Crippen LogP contribution in [0.15, 0.2) is 58.1 Å². The number of aromatic nitrogens is 2. The van der Waals surface area contributed by atoms with Crippen LogP contribution in [0.5, 0.6) is 0 Å². The van der Waals surface area contributed by atoms with E-state index in [9.17, 15) is 14.4 Å². The highest BCUT2D eigenvalue weighted by Crippen LogP contribution is 2.10. The molecular formula is C20H21N3O4. The van der Waals surface area contributed by atoms with Crippen LogP contribution in [0.25, 0.3) is 10.9 Å². The van der Waals surface area contributed by atoms with Gasteiger partial charge in [-0.1, -0.05) is 36.4 Å². The van der Waals surface area contributed by atoms with Crippen LogP contribution in [0.1, 0.15) is 18.1 Å². The van der Waals surface area contributed by atoms with Gasteiger partial charge in [-0.05, 0) is 30.2 Å². The van der Waals surface area contributed by atoms with Gasteiger partial charge in [-0.15, -0.1) is 0 Å². The molecule has 27 heavy (non-hydrogen) atoms. The molecule has 0 aliphatic heterocycles. The number of nitrogens with one attached hydrogen (secondary N) is 2. The maximum atomic E-state index is 12.4. The fraction of sp³-hybridized carbons (Fsp3) is 0.250. The van der Waals surface area contributed by atoms with E-state index in [2.05, 4.69) is 10.3 Å². The Morgan fingerprint density at radius 2 is 1.78 bits per heavy atom. The third-order valence-corrected chi connectivity index (χ3v) is 4.26. The third kappa shape index (κ3) is 4.32. The van der Waals surface area contributed by atoms with E-state index < -0.39 is 11.2 Å². The Bertz CT molecular complexity index is 1070. The molecule has 1 amide bonds. The molecule has 0 spiro atoms. The number of para-hydroxylation sites is 1. The Labute approximate surface area is 155 Å². The minimum atomic E-state index is -0.606. The molecule has 0 atom stereocenters. The Morgan fingerprint density at radius 1 is 1.07 bits per heavy atom. The van der Waals surface area contributed by atoms with Gasteiger partial charge in [0.05, 0.1) is 17.5 Å². The van der Waals surface area contributed by atoms with Gasteiger partial charge in [0.15, 0.2) is 0 Å². The molecule has 0 unspecified atom stereocenters. The largest absolute Gasteiger partial charge is 0.377 e. The number of benzene rings is 2.